The number of sulfonamides is 1. The minimum atomic E-state index is -3.14. The Kier molecular flexibility index (Phi) is 9.43. The number of carbonyl (C=O) groups is 2. The Morgan fingerprint density at radius 3 is 2.20 bits per heavy atom. The maximum atomic E-state index is 12.8. The summed E-state index contributed by atoms with van der Waals surface area (Å²) in [7, 11) is -3.14. The van der Waals surface area contributed by atoms with Gasteiger partial charge in [-0.25, -0.2) is 13.1 Å². The molecule has 3 atom stereocenters. The Balaban J connectivity index is 0.000000173. The van der Waals surface area contributed by atoms with Gasteiger partial charge in [0.2, 0.25) is 10.0 Å². The van der Waals surface area contributed by atoms with Crippen LogP contribution in [0.5, 0.6) is 17.2 Å². The first-order chi connectivity index (χ1) is 23.6. The summed E-state index contributed by atoms with van der Waals surface area (Å²) in [5, 5.41) is 10.3. The molecule has 0 amide bonds. The van der Waals surface area contributed by atoms with Crippen molar-refractivity contribution in [2.45, 2.75) is 71.1 Å². The Labute approximate surface area is 295 Å². The third-order valence-corrected chi connectivity index (χ3v) is 11.7. The predicted molar refractivity (Wildman–Crippen MR) is 197 cm³/mol. The summed E-state index contributed by atoms with van der Waals surface area (Å²) < 4.78 is 31.8. The lowest BCUT2D eigenvalue weighted by Crippen LogP contribution is -2.53. The van der Waals surface area contributed by atoms with E-state index < -0.39 is 21.6 Å². The van der Waals surface area contributed by atoms with Gasteiger partial charge in [0.05, 0.1) is 23.1 Å². The van der Waals surface area contributed by atoms with E-state index in [4.69, 9.17) is 10.5 Å². The van der Waals surface area contributed by atoms with Gasteiger partial charge in [-0.3, -0.25) is 9.59 Å². The predicted octanol–water partition coefficient (Wildman–Crippen LogP) is 7.91. The zero-order chi connectivity index (χ0) is 36.0. The topological polar surface area (TPSA) is 136 Å². The fourth-order valence-corrected chi connectivity index (χ4v) is 9.08. The number of fused-ring (bicyclic) bond motifs is 5. The van der Waals surface area contributed by atoms with Crippen LogP contribution < -0.4 is 15.2 Å². The first-order valence-electron chi connectivity index (χ1n) is 17.3. The largest absolute Gasteiger partial charge is 0.507 e. The summed E-state index contributed by atoms with van der Waals surface area (Å²) in [4.78, 5) is 25.5. The van der Waals surface area contributed by atoms with Crippen molar-refractivity contribution < 1.29 is 27.9 Å². The molecule has 0 saturated heterocycles. The fourth-order valence-electron chi connectivity index (χ4n) is 8.48. The maximum absolute atomic E-state index is 12.8. The Bertz CT molecular complexity index is 2080. The van der Waals surface area contributed by atoms with E-state index in [1.165, 1.54) is 41.9 Å². The van der Waals surface area contributed by atoms with Crippen molar-refractivity contribution in [1.29, 1.82) is 0 Å². The Hall–Kier alpha value is -4.47. The molecule has 4 N–H and O–H groups in total. The van der Waals surface area contributed by atoms with Crippen molar-refractivity contribution in [2.75, 3.05) is 18.5 Å². The molecular weight excluding hydrogens is 649 g/mol. The van der Waals surface area contributed by atoms with E-state index in [1.807, 2.05) is 6.07 Å². The molecule has 3 unspecified atom stereocenters. The lowest BCUT2D eigenvalue weighted by molar-refractivity contribution is 0.0299. The number of aryl methyl sites for hydroxylation is 1. The highest BCUT2D eigenvalue weighted by atomic mass is 32.2. The number of rotatable bonds is 6. The highest BCUT2D eigenvalue weighted by Crippen LogP contribution is 2.57. The van der Waals surface area contributed by atoms with Crippen molar-refractivity contribution in [3.05, 3.63) is 118 Å². The summed E-state index contributed by atoms with van der Waals surface area (Å²) >= 11 is 0. The molecule has 0 bridgehead atoms. The number of ketones is 2. The quantitative estimate of drug-likeness (QED) is 0.121. The molecular formula is C41H46N2O6S. The third kappa shape index (κ3) is 6.56. The number of nitrogens with one attached hydrogen (secondary N) is 1. The standard InChI is InChI=1S/C21H33NO2S.C20H13NO4/c1-15(2)16-7-9-18-17(13-16)8-10-19-20(3,14-22-25(5,23)24)11-6-12-21(18,19)4;21-18-15(25-11-6-2-1-3-7-11)10-14(22)16-17(18)20(24)13-9-5-4-8-12(13)19(16)23/h7,9,13,15,19,22H,6,8,10-12,14H2,1-5H3;1-10,22H,21H2. The van der Waals surface area contributed by atoms with Gasteiger partial charge < -0.3 is 15.6 Å². The van der Waals surface area contributed by atoms with Crippen LogP contribution >= 0.6 is 0 Å². The van der Waals surface area contributed by atoms with Crippen LogP contribution in [0.25, 0.3) is 0 Å². The van der Waals surface area contributed by atoms with Crippen LogP contribution in [-0.4, -0.2) is 37.9 Å². The van der Waals surface area contributed by atoms with E-state index >= 15 is 0 Å². The highest BCUT2D eigenvalue weighted by molar-refractivity contribution is 7.88. The Morgan fingerprint density at radius 2 is 1.56 bits per heavy atom. The normalized spacial score (nSPS) is 22.4. The first-order valence-corrected chi connectivity index (χ1v) is 19.2. The number of nitrogens with two attached hydrogens (primary N) is 1. The van der Waals surface area contributed by atoms with Gasteiger partial charge in [0.1, 0.15) is 11.5 Å². The van der Waals surface area contributed by atoms with Gasteiger partial charge in [0.25, 0.3) is 0 Å². The molecule has 3 aliphatic rings. The molecule has 0 spiro atoms. The summed E-state index contributed by atoms with van der Waals surface area (Å²) in [6.07, 6.45) is 7.02. The molecule has 1 saturated carbocycles. The maximum Gasteiger partial charge on any atom is 0.208 e. The van der Waals surface area contributed by atoms with E-state index in [0.717, 1.165) is 19.3 Å². The average molecular weight is 695 g/mol. The number of benzene rings is 4. The van der Waals surface area contributed by atoms with Crippen molar-refractivity contribution in [3.63, 3.8) is 0 Å². The molecule has 9 heteroatoms. The van der Waals surface area contributed by atoms with Gasteiger partial charge in [-0.2, -0.15) is 0 Å². The smallest absolute Gasteiger partial charge is 0.208 e. The minimum Gasteiger partial charge on any atom is -0.507 e. The summed E-state index contributed by atoms with van der Waals surface area (Å²) in [6.45, 7) is 9.78. The first kappa shape index (κ1) is 35.4. The second-order valence-corrected chi connectivity index (χ2v) is 16.7. The number of aromatic hydroxyl groups is 1. The molecule has 0 aliphatic heterocycles. The van der Waals surface area contributed by atoms with Crippen LogP contribution in [0.15, 0.2) is 78.9 Å². The third-order valence-electron chi connectivity index (χ3n) is 11.1. The van der Waals surface area contributed by atoms with E-state index in [-0.39, 0.29) is 50.3 Å². The number of phenolic OH excluding ortho intramolecular Hbond substituents is 1. The molecule has 1 fully saturated rings. The summed E-state index contributed by atoms with van der Waals surface area (Å²) in [6, 6.07) is 23.7. The molecule has 4 aromatic rings. The molecule has 0 heterocycles. The molecule has 7 rings (SSSR count). The van der Waals surface area contributed by atoms with Crippen molar-refractivity contribution in [1.82, 2.24) is 4.72 Å². The van der Waals surface area contributed by atoms with Crippen molar-refractivity contribution in [3.8, 4) is 17.2 Å². The number of hydrogen-bond acceptors (Lipinski definition) is 7. The number of anilines is 1. The number of nitrogen functional groups attached to an aromatic ring is 1. The summed E-state index contributed by atoms with van der Waals surface area (Å²) in [5.41, 5.74) is 11.2. The molecule has 0 radical (unpaired) electrons. The zero-order valence-electron chi connectivity index (χ0n) is 29.4. The van der Waals surface area contributed by atoms with Crippen LogP contribution in [0.2, 0.25) is 0 Å². The lowest BCUT2D eigenvalue weighted by Gasteiger charge is -2.55. The molecule has 4 aromatic carbocycles. The van der Waals surface area contributed by atoms with Crippen molar-refractivity contribution >= 4 is 27.3 Å². The molecule has 0 aromatic heterocycles. The fraction of sp³-hybridized carbons (Fsp3) is 0.366. The van der Waals surface area contributed by atoms with E-state index in [0.29, 0.717) is 24.1 Å². The number of carbonyl (C=O) groups excluding carboxylic acids is 2. The minimum absolute atomic E-state index is 0.0189. The molecule has 262 valence electrons. The SMILES string of the molecule is CC(C)c1ccc2c(c1)CCC1C(C)(CNS(C)(=O)=O)CCCC21C.Nc1c(Oc2ccccc2)cc(O)c2c1C(=O)c1ccccc1C2=O. The highest BCUT2D eigenvalue weighted by Gasteiger charge is 2.51. The second-order valence-electron chi connectivity index (χ2n) is 14.9. The number of hydrogen-bond donors (Lipinski definition) is 3. The second kappa shape index (κ2) is 13.3. The number of ether oxygens (including phenoxy) is 1. The van der Waals surface area contributed by atoms with Crippen LogP contribution in [0.4, 0.5) is 5.69 Å². The van der Waals surface area contributed by atoms with Gasteiger partial charge in [-0.15, -0.1) is 0 Å². The average Bonchev–Trinajstić information content (AvgIpc) is 3.08. The van der Waals surface area contributed by atoms with Gasteiger partial charge >= 0.3 is 0 Å². The monoisotopic (exact) mass is 694 g/mol. The van der Waals surface area contributed by atoms with E-state index in [1.54, 1.807) is 48.5 Å². The van der Waals surface area contributed by atoms with Gasteiger partial charge in [-0.05, 0) is 77.2 Å². The van der Waals surface area contributed by atoms with E-state index in [9.17, 15) is 23.1 Å². The Morgan fingerprint density at radius 1 is 0.920 bits per heavy atom. The van der Waals surface area contributed by atoms with Crippen LogP contribution in [-0.2, 0) is 21.9 Å². The number of para-hydroxylation sites is 1. The molecule has 8 nitrogen and oxygen atoms in total. The van der Waals surface area contributed by atoms with Gasteiger partial charge in [0, 0.05) is 23.7 Å². The number of phenols is 1. The zero-order valence-corrected chi connectivity index (χ0v) is 30.2. The molecule has 50 heavy (non-hydrogen) atoms. The lowest BCUT2D eigenvalue weighted by atomic mass is 9.50. The van der Waals surface area contributed by atoms with Gasteiger partial charge in [0.15, 0.2) is 17.3 Å². The van der Waals surface area contributed by atoms with Gasteiger partial charge in [-0.1, -0.05) is 94.8 Å². The van der Waals surface area contributed by atoms with Crippen LogP contribution in [0.1, 0.15) is 108 Å². The van der Waals surface area contributed by atoms with Crippen LogP contribution in [0.3, 0.4) is 0 Å². The van der Waals surface area contributed by atoms with E-state index in [2.05, 4.69) is 50.6 Å². The van der Waals surface area contributed by atoms with Crippen LogP contribution in [0, 0.1) is 11.3 Å². The summed E-state index contributed by atoms with van der Waals surface area (Å²) in [5.74, 6) is 0.554. The van der Waals surface area contributed by atoms with Crippen molar-refractivity contribution in [2.24, 2.45) is 11.3 Å². The molecule has 3 aliphatic carbocycles.